The number of aryl methyl sites for hydroxylation is 1. The molecule has 0 aliphatic carbocycles. The lowest BCUT2D eigenvalue weighted by atomic mass is 10.3. The number of para-hydroxylation sites is 1. The van der Waals surface area contributed by atoms with E-state index < -0.39 is 27.3 Å². The SMILES string of the molecule is Cc1sc(CN)cc1S(=O)(=O)Nc1c(F)cccc1F. The van der Waals surface area contributed by atoms with Gasteiger partial charge >= 0.3 is 0 Å². The molecule has 3 N–H and O–H groups in total. The number of nitrogens with one attached hydrogen (secondary N) is 1. The van der Waals surface area contributed by atoms with Crippen molar-refractivity contribution in [2.24, 2.45) is 5.73 Å². The molecule has 2 aromatic rings. The first-order chi connectivity index (χ1) is 9.35. The van der Waals surface area contributed by atoms with Crippen LogP contribution < -0.4 is 10.5 Å². The largest absolute Gasteiger partial charge is 0.326 e. The summed E-state index contributed by atoms with van der Waals surface area (Å²) < 4.78 is 53.3. The van der Waals surface area contributed by atoms with E-state index in [1.165, 1.54) is 17.4 Å². The van der Waals surface area contributed by atoms with Crippen LogP contribution in [-0.4, -0.2) is 8.42 Å². The zero-order valence-electron chi connectivity index (χ0n) is 10.5. The monoisotopic (exact) mass is 318 g/mol. The van der Waals surface area contributed by atoms with Gasteiger partial charge in [0.25, 0.3) is 10.0 Å². The van der Waals surface area contributed by atoms with Gasteiger partial charge in [-0.15, -0.1) is 11.3 Å². The minimum atomic E-state index is -4.05. The second kappa shape index (κ2) is 5.47. The molecule has 0 unspecified atom stereocenters. The number of thiophene rings is 1. The Labute approximate surface area is 119 Å². The molecule has 4 nitrogen and oxygen atoms in total. The number of hydrogen-bond acceptors (Lipinski definition) is 4. The topological polar surface area (TPSA) is 72.2 Å². The molecule has 1 heterocycles. The van der Waals surface area contributed by atoms with Crippen molar-refractivity contribution in [3.8, 4) is 0 Å². The van der Waals surface area contributed by atoms with Crippen molar-refractivity contribution in [1.29, 1.82) is 0 Å². The highest BCUT2D eigenvalue weighted by Crippen LogP contribution is 2.28. The lowest BCUT2D eigenvalue weighted by Gasteiger charge is -2.09. The van der Waals surface area contributed by atoms with Gasteiger partial charge in [0.1, 0.15) is 22.2 Å². The molecule has 8 heteroatoms. The Morgan fingerprint density at radius 1 is 1.30 bits per heavy atom. The zero-order chi connectivity index (χ0) is 14.9. The van der Waals surface area contributed by atoms with Gasteiger partial charge < -0.3 is 5.73 Å². The maximum absolute atomic E-state index is 13.5. The summed E-state index contributed by atoms with van der Waals surface area (Å²) >= 11 is 1.23. The van der Waals surface area contributed by atoms with Gasteiger partial charge in [0.05, 0.1) is 0 Å². The number of sulfonamides is 1. The van der Waals surface area contributed by atoms with Crippen molar-refractivity contribution in [3.63, 3.8) is 0 Å². The molecule has 20 heavy (non-hydrogen) atoms. The van der Waals surface area contributed by atoms with Gasteiger partial charge in [0.2, 0.25) is 0 Å². The van der Waals surface area contributed by atoms with Crippen LogP contribution in [0.2, 0.25) is 0 Å². The molecular formula is C12H12F2N2O2S2. The molecule has 0 aliphatic rings. The van der Waals surface area contributed by atoms with Crippen LogP contribution in [0.25, 0.3) is 0 Å². The molecule has 1 aromatic heterocycles. The standard InChI is InChI=1S/C12H12F2N2O2S2/c1-7-11(5-8(6-15)19-7)20(17,18)16-12-9(13)3-2-4-10(12)14/h2-5,16H,6,15H2,1H3. The number of rotatable bonds is 4. The van der Waals surface area contributed by atoms with E-state index in [-0.39, 0.29) is 11.4 Å². The summed E-state index contributed by atoms with van der Waals surface area (Å²) in [7, 11) is -4.05. The molecule has 0 saturated carbocycles. The summed E-state index contributed by atoms with van der Waals surface area (Å²) in [4.78, 5) is 1.16. The fourth-order valence-electron chi connectivity index (χ4n) is 1.68. The average Bonchev–Trinajstić information content (AvgIpc) is 2.76. The molecule has 0 fully saturated rings. The smallest absolute Gasteiger partial charge is 0.263 e. The predicted molar refractivity (Wildman–Crippen MR) is 74.1 cm³/mol. The van der Waals surface area contributed by atoms with Crippen LogP contribution in [0.1, 0.15) is 9.75 Å². The Balaban J connectivity index is 2.43. The molecular weight excluding hydrogens is 306 g/mol. The third-order valence-corrected chi connectivity index (χ3v) is 5.29. The summed E-state index contributed by atoms with van der Waals surface area (Å²) in [5.74, 6) is -1.94. The lowest BCUT2D eigenvalue weighted by molar-refractivity contribution is 0.583. The van der Waals surface area contributed by atoms with Crippen LogP contribution >= 0.6 is 11.3 Å². The van der Waals surface area contributed by atoms with E-state index in [0.29, 0.717) is 9.75 Å². The summed E-state index contributed by atoms with van der Waals surface area (Å²) in [5.41, 5.74) is 4.76. The van der Waals surface area contributed by atoms with E-state index in [9.17, 15) is 17.2 Å². The lowest BCUT2D eigenvalue weighted by Crippen LogP contribution is -2.15. The molecule has 0 bridgehead atoms. The fourth-order valence-corrected chi connectivity index (χ4v) is 4.27. The van der Waals surface area contributed by atoms with E-state index in [1.54, 1.807) is 6.92 Å². The minimum Gasteiger partial charge on any atom is -0.326 e. The molecule has 0 spiro atoms. The Kier molecular flexibility index (Phi) is 4.07. The van der Waals surface area contributed by atoms with Gasteiger partial charge in [0, 0.05) is 16.3 Å². The maximum Gasteiger partial charge on any atom is 0.263 e. The van der Waals surface area contributed by atoms with Gasteiger partial charge in [-0.3, -0.25) is 4.72 Å². The Bertz CT molecular complexity index is 722. The van der Waals surface area contributed by atoms with Gasteiger partial charge in [-0.25, -0.2) is 17.2 Å². The summed E-state index contributed by atoms with van der Waals surface area (Å²) in [6, 6.07) is 4.52. The molecule has 0 amide bonds. The molecule has 0 saturated heterocycles. The van der Waals surface area contributed by atoms with Crippen LogP contribution in [0.4, 0.5) is 14.5 Å². The Morgan fingerprint density at radius 2 is 1.90 bits per heavy atom. The van der Waals surface area contributed by atoms with Crippen molar-refractivity contribution < 1.29 is 17.2 Å². The molecule has 1 aromatic carbocycles. The van der Waals surface area contributed by atoms with Crippen molar-refractivity contribution in [2.45, 2.75) is 18.4 Å². The highest BCUT2D eigenvalue weighted by Gasteiger charge is 2.22. The zero-order valence-corrected chi connectivity index (χ0v) is 12.1. The van der Waals surface area contributed by atoms with E-state index in [0.717, 1.165) is 18.2 Å². The van der Waals surface area contributed by atoms with E-state index in [1.807, 2.05) is 4.72 Å². The number of benzene rings is 1. The van der Waals surface area contributed by atoms with Gasteiger partial charge in [-0.05, 0) is 25.1 Å². The average molecular weight is 318 g/mol. The first-order valence-corrected chi connectivity index (χ1v) is 7.91. The number of anilines is 1. The van der Waals surface area contributed by atoms with Crippen LogP contribution in [0, 0.1) is 18.6 Å². The summed E-state index contributed by atoms with van der Waals surface area (Å²) in [5, 5.41) is 0. The minimum absolute atomic E-state index is 0.0226. The Hall–Kier alpha value is -1.51. The summed E-state index contributed by atoms with van der Waals surface area (Å²) in [6.45, 7) is 1.81. The van der Waals surface area contributed by atoms with Gasteiger partial charge in [0.15, 0.2) is 0 Å². The molecule has 108 valence electrons. The van der Waals surface area contributed by atoms with Crippen molar-refractivity contribution in [3.05, 3.63) is 45.7 Å². The van der Waals surface area contributed by atoms with Crippen molar-refractivity contribution >= 4 is 27.0 Å². The molecule has 0 aliphatic heterocycles. The van der Waals surface area contributed by atoms with Crippen LogP contribution in [0.5, 0.6) is 0 Å². The third kappa shape index (κ3) is 2.82. The van der Waals surface area contributed by atoms with E-state index in [2.05, 4.69) is 0 Å². The van der Waals surface area contributed by atoms with Crippen molar-refractivity contribution in [2.75, 3.05) is 4.72 Å². The number of halogens is 2. The van der Waals surface area contributed by atoms with Crippen LogP contribution in [0.3, 0.4) is 0 Å². The van der Waals surface area contributed by atoms with Crippen LogP contribution in [-0.2, 0) is 16.6 Å². The van der Waals surface area contributed by atoms with Gasteiger partial charge in [-0.2, -0.15) is 0 Å². The second-order valence-electron chi connectivity index (χ2n) is 4.04. The van der Waals surface area contributed by atoms with E-state index >= 15 is 0 Å². The maximum atomic E-state index is 13.5. The molecule has 0 radical (unpaired) electrons. The highest BCUT2D eigenvalue weighted by molar-refractivity contribution is 7.93. The molecule has 2 rings (SSSR count). The summed E-state index contributed by atoms with van der Waals surface area (Å²) in [6.07, 6.45) is 0. The fraction of sp³-hybridized carbons (Fsp3) is 0.167. The molecule has 0 atom stereocenters. The Morgan fingerprint density at radius 3 is 2.40 bits per heavy atom. The third-order valence-electron chi connectivity index (χ3n) is 2.61. The normalized spacial score (nSPS) is 11.6. The quantitative estimate of drug-likeness (QED) is 0.910. The first-order valence-electron chi connectivity index (χ1n) is 5.61. The number of nitrogens with two attached hydrogens (primary N) is 1. The van der Waals surface area contributed by atoms with Crippen molar-refractivity contribution in [1.82, 2.24) is 0 Å². The van der Waals surface area contributed by atoms with E-state index in [4.69, 9.17) is 5.73 Å². The van der Waals surface area contributed by atoms with Crippen LogP contribution in [0.15, 0.2) is 29.2 Å². The van der Waals surface area contributed by atoms with Gasteiger partial charge in [-0.1, -0.05) is 6.07 Å². The highest BCUT2D eigenvalue weighted by atomic mass is 32.2. The predicted octanol–water partition coefficient (Wildman–Crippen LogP) is 2.59. The number of hydrogen-bond donors (Lipinski definition) is 2. The first kappa shape index (κ1) is 14.9. The second-order valence-corrected chi connectivity index (χ2v) is 7.03.